The fraction of sp³-hybridized carbons (Fsp3) is 0.364. The highest BCUT2D eigenvalue weighted by Crippen LogP contribution is 2.45. The van der Waals surface area contributed by atoms with E-state index >= 15 is 0 Å². The van der Waals surface area contributed by atoms with E-state index in [2.05, 4.69) is 4.98 Å². The summed E-state index contributed by atoms with van der Waals surface area (Å²) >= 11 is 5.97. The van der Waals surface area contributed by atoms with E-state index in [-0.39, 0.29) is 5.15 Å². The Hall–Kier alpha value is -1.27. The van der Waals surface area contributed by atoms with Crippen molar-refractivity contribution in [3.05, 3.63) is 34.7 Å². The highest BCUT2D eigenvalue weighted by atomic mass is 35.5. The number of imidazole rings is 1. The SMILES string of the molecule is NC1(c2c(Cl)nc3ccc(C(F)(F)F)cn23)CC1. The molecule has 3 nitrogen and oxygen atoms in total. The zero-order chi connectivity index (χ0) is 13.1. The van der Waals surface area contributed by atoms with Crippen molar-refractivity contribution in [3.8, 4) is 0 Å². The topological polar surface area (TPSA) is 43.3 Å². The second kappa shape index (κ2) is 3.39. The van der Waals surface area contributed by atoms with Crippen molar-refractivity contribution in [2.24, 2.45) is 5.73 Å². The van der Waals surface area contributed by atoms with Gasteiger partial charge >= 0.3 is 6.18 Å². The summed E-state index contributed by atoms with van der Waals surface area (Å²) in [5, 5.41) is 0.175. The van der Waals surface area contributed by atoms with Crippen LogP contribution in [0, 0.1) is 0 Å². The van der Waals surface area contributed by atoms with Gasteiger partial charge in [0.15, 0.2) is 5.15 Å². The van der Waals surface area contributed by atoms with Crippen LogP contribution in [0.15, 0.2) is 18.3 Å². The molecule has 3 rings (SSSR count). The molecular formula is C11H9ClF3N3. The van der Waals surface area contributed by atoms with Gasteiger partial charge in [-0.05, 0) is 25.0 Å². The van der Waals surface area contributed by atoms with E-state index < -0.39 is 17.3 Å². The number of alkyl halides is 3. The Morgan fingerprint density at radius 1 is 1.33 bits per heavy atom. The predicted octanol–water partition coefficient (Wildman–Crippen LogP) is 2.95. The highest BCUT2D eigenvalue weighted by molar-refractivity contribution is 6.30. The van der Waals surface area contributed by atoms with Gasteiger partial charge in [0.25, 0.3) is 0 Å². The van der Waals surface area contributed by atoms with Gasteiger partial charge in [0.2, 0.25) is 0 Å². The van der Waals surface area contributed by atoms with Gasteiger partial charge in [0, 0.05) is 6.20 Å². The van der Waals surface area contributed by atoms with Gasteiger partial charge in [-0.2, -0.15) is 13.2 Å². The van der Waals surface area contributed by atoms with Crippen LogP contribution in [-0.2, 0) is 11.7 Å². The van der Waals surface area contributed by atoms with Gasteiger partial charge in [-0.25, -0.2) is 4.98 Å². The molecule has 2 heterocycles. The van der Waals surface area contributed by atoms with Gasteiger partial charge < -0.3 is 5.73 Å². The lowest BCUT2D eigenvalue weighted by atomic mass is 10.2. The minimum atomic E-state index is -4.40. The Kier molecular flexibility index (Phi) is 2.22. The molecule has 1 aliphatic rings. The molecule has 0 unspecified atom stereocenters. The molecule has 0 aromatic carbocycles. The molecular weight excluding hydrogens is 267 g/mol. The van der Waals surface area contributed by atoms with Crippen LogP contribution in [0.4, 0.5) is 13.2 Å². The predicted molar refractivity (Wildman–Crippen MR) is 60.3 cm³/mol. The van der Waals surface area contributed by atoms with E-state index in [4.69, 9.17) is 17.3 Å². The van der Waals surface area contributed by atoms with E-state index in [1.54, 1.807) is 0 Å². The molecule has 1 aliphatic carbocycles. The van der Waals surface area contributed by atoms with Crippen molar-refractivity contribution < 1.29 is 13.2 Å². The van der Waals surface area contributed by atoms with Crippen LogP contribution in [0.1, 0.15) is 24.1 Å². The molecule has 2 aromatic heterocycles. The molecule has 2 N–H and O–H groups in total. The molecule has 0 saturated heterocycles. The normalized spacial score (nSPS) is 18.3. The number of hydrogen-bond donors (Lipinski definition) is 1. The van der Waals surface area contributed by atoms with Crippen molar-refractivity contribution in [1.29, 1.82) is 0 Å². The zero-order valence-electron chi connectivity index (χ0n) is 9.13. The first-order valence-corrected chi connectivity index (χ1v) is 5.73. The standard InChI is InChI=1S/C11H9ClF3N3/c12-9-8(10(16)3-4-10)18-5-6(11(13,14)15)1-2-7(18)17-9/h1-2,5H,3-4,16H2. The maximum atomic E-state index is 12.7. The molecule has 1 fully saturated rings. The van der Waals surface area contributed by atoms with Crippen LogP contribution >= 0.6 is 11.6 Å². The molecule has 0 atom stereocenters. The molecule has 0 bridgehead atoms. The summed E-state index contributed by atoms with van der Waals surface area (Å²) in [6.07, 6.45) is -1.99. The van der Waals surface area contributed by atoms with E-state index in [0.717, 1.165) is 12.3 Å². The van der Waals surface area contributed by atoms with E-state index in [9.17, 15) is 13.2 Å². The number of aromatic nitrogens is 2. The molecule has 0 aliphatic heterocycles. The zero-order valence-corrected chi connectivity index (χ0v) is 9.89. The van der Waals surface area contributed by atoms with Crippen molar-refractivity contribution in [3.63, 3.8) is 0 Å². The van der Waals surface area contributed by atoms with Crippen LogP contribution in [0.25, 0.3) is 5.65 Å². The van der Waals surface area contributed by atoms with Crippen LogP contribution in [-0.4, -0.2) is 9.38 Å². The summed E-state index contributed by atoms with van der Waals surface area (Å²) in [6.45, 7) is 0. The molecule has 18 heavy (non-hydrogen) atoms. The number of fused-ring (bicyclic) bond motifs is 1. The minimum Gasteiger partial charge on any atom is -0.320 e. The Morgan fingerprint density at radius 3 is 2.56 bits per heavy atom. The molecule has 0 spiro atoms. The summed E-state index contributed by atoms with van der Waals surface area (Å²) in [7, 11) is 0. The third-order valence-electron chi connectivity index (χ3n) is 3.16. The van der Waals surface area contributed by atoms with Gasteiger partial charge in [-0.3, -0.25) is 4.40 Å². The van der Waals surface area contributed by atoms with Crippen LogP contribution < -0.4 is 5.73 Å². The first-order chi connectivity index (χ1) is 8.31. The summed E-state index contributed by atoms with van der Waals surface area (Å²) in [4.78, 5) is 4.02. The molecule has 0 amide bonds. The second-order valence-electron chi connectivity index (χ2n) is 4.55. The van der Waals surface area contributed by atoms with Crippen molar-refractivity contribution in [2.75, 3.05) is 0 Å². The Labute approximate surface area is 105 Å². The number of rotatable bonds is 1. The lowest BCUT2D eigenvalue weighted by molar-refractivity contribution is -0.137. The molecule has 2 aromatic rings. The average Bonchev–Trinajstić information content (AvgIpc) is 2.89. The third-order valence-corrected chi connectivity index (χ3v) is 3.43. The summed E-state index contributed by atoms with van der Waals surface area (Å²) in [5.74, 6) is 0. The van der Waals surface area contributed by atoms with Gasteiger partial charge in [-0.15, -0.1) is 0 Å². The summed E-state index contributed by atoms with van der Waals surface area (Å²) in [6, 6.07) is 2.28. The Morgan fingerprint density at radius 2 is 2.00 bits per heavy atom. The number of halogens is 4. The summed E-state index contributed by atoms with van der Waals surface area (Å²) < 4.78 is 39.4. The van der Waals surface area contributed by atoms with Crippen LogP contribution in [0.3, 0.4) is 0 Å². The fourth-order valence-corrected chi connectivity index (χ4v) is 2.37. The van der Waals surface area contributed by atoms with Crippen LogP contribution in [0.5, 0.6) is 0 Å². The lowest BCUT2D eigenvalue weighted by Gasteiger charge is -2.11. The summed E-state index contributed by atoms with van der Waals surface area (Å²) in [5.41, 5.74) is 5.47. The third kappa shape index (κ3) is 1.67. The maximum Gasteiger partial charge on any atom is 0.417 e. The number of nitrogens with zero attached hydrogens (tertiary/aromatic N) is 2. The van der Waals surface area contributed by atoms with Gasteiger partial charge in [-0.1, -0.05) is 11.6 Å². The second-order valence-corrected chi connectivity index (χ2v) is 4.91. The number of hydrogen-bond acceptors (Lipinski definition) is 2. The number of nitrogens with two attached hydrogens (primary N) is 1. The first kappa shape index (κ1) is 11.8. The first-order valence-electron chi connectivity index (χ1n) is 5.35. The fourth-order valence-electron chi connectivity index (χ4n) is 2.00. The van der Waals surface area contributed by atoms with E-state index in [1.807, 2.05) is 0 Å². The Balaban J connectivity index is 2.26. The highest BCUT2D eigenvalue weighted by Gasteiger charge is 2.45. The quantitative estimate of drug-likeness (QED) is 0.869. The smallest absolute Gasteiger partial charge is 0.320 e. The van der Waals surface area contributed by atoms with Crippen molar-refractivity contribution in [2.45, 2.75) is 24.6 Å². The van der Waals surface area contributed by atoms with Crippen molar-refractivity contribution >= 4 is 17.2 Å². The molecule has 7 heteroatoms. The van der Waals surface area contributed by atoms with Gasteiger partial charge in [0.1, 0.15) is 5.65 Å². The Bertz CT molecular complexity index is 628. The van der Waals surface area contributed by atoms with Gasteiger partial charge in [0.05, 0.1) is 16.8 Å². The number of pyridine rings is 1. The minimum absolute atomic E-state index is 0.175. The van der Waals surface area contributed by atoms with E-state index in [0.29, 0.717) is 24.2 Å². The molecule has 0 radical (unpaired) electrons. The van der Waals surface area contributed by atoms with E-state index in [1.165, 1.54) is 10.5 Å². The molecule has 1 saturated carbocycles. The lowest BCUT2D eigenvalue weighted by Crippen LogP contribution is -2.21. The molecule has 96 valence electrons. The maximum absolute atomic E-state index is 12.7. The van der Waals surface area contributed by atoms with Crippen molar-refractivity contribution in [1.82, 2.24) is 9.38 Å². The largest absolute Gasteiger partial charge is 0.417 e. The van der Waals surface area contributed by atoms with Crippen LogP contribution in [0.2, 0.25) is 5.15 Å². The average molecular weight is 276 g/mol. The monoisotopic (exact) mass is 275 g/mol.